The summed E-state index contributed by atoms with van der Waals surface area (Å²) in [7, 11) is 0. The van der Waals surface area contributed by atoms with Gasteiger partial charge in [0.1, 0.15) is 29.9 Å². The van der Waals surface area contributed by atoms with Gasteiger partial charge in [-0.2, -0.15) is 10.4 Å². The van der Waals surface area contributed by atoms with Crippen molar-refractivity contribution in [1.82, 2.24) is 19.7 Å². The lowest BCUT2D eigenvalue weighted by Gasteiger charge is -2.19. The Balaban J connectivity index is 1.44. The average molecular weight is 590 g/mol. The van der Waals surface area contributed by atoms with E-state index in [0.717, 1.165) is 11.1 Å². The van der Waals surface area contributed by atoms with Crippen LogP contribution in [-0.4, -0.2) is 63.0 Å². The maximum absolute atomic E-state index is 13.0. The van der Waals surface area contributed by atoms with Crippen LogP contribution < -0.4 is 0 Å². The summed E-state index contributed by atoms with van der Waals surface area (Å²) in [4.78, 5) is 34.9. The Bertz CT molecular complexity index is 1630. The summed E-state index contributed by atoms with van der Waals surface area (Å²) in [5.74, 6) is -1.03. The van der Waals surface area contributed by atoms with E-state index in [1.165, 1.54) is 28.2 Å². The molecule has 1 aliphatic rings. The second-order valence-electron chi connectivity index (χ2n) is 9.46. The molecule has 2 aromatic heterocycles. The normalized spacial score (nSPS) is 18.3. The maximum Gasteiger partial charge on any atom is 0.338 e. The smallest absolute Gasteiger partial charge is 0.338 e. The third-order valence-electron chi connectivity index (χ3n) is 6.64. The summed E-state index contributed by atoms with van der Waals surface area (Å²) in [5, 5.41) is 16.0. The van der Waals surface area contributed by atoms with Gasteiger partial charge in [-0.25, -0.2) is 24.2 Å². The highest BCUT2D eigenvalue weighted by Crippen LogP contribution is 2.36. The average Bonchev–Trinajstić information content (AvgIpc) is 3.56. The Morgan fingerprint density at radius 1 is 1.00 bits per heavy atom. The Morgan fingerprint density at radius 3 is 2.22 bits per heavy atom. The van der Waals surface area contributed by atoms with Crippen LogP contribution in [-0.2, 0) is 14.2 Å². The van der Waals surface area contributed by atoms with Crippen LogP contribution in [0.2, 0.25) is 0 Å². The highest BCUT2D eigenvalue weighted by atomic mass is 32.2. The zero-order valence-electron chi connectivity index (χ0n) is 22.9. The van der Waals surface area contributed by atoms with Crippen molar-refractivity contribution in [3.8, 4) is 6.07 Å². The van der Waals surface area contributed by atoms with Crippen LogP contribution in [0.4, 0.5) is 0 Å². The number of esters is 2. The zero-order valence-corrected chi connectivity index (χ0v) is 24.5. The van der Waals surface area contributed by atoms with Crippen LogP contribution in [0.15, 0.2) is 58.7 Å². The maximum atomic E-state index is 13.0. The molecule has 1 fully saturated rings. The van der Waals surface area contributed by atoms with E-state index in [9.17, 15) is 14.9 Å². The lowest BCUT2D eigenvalue weighted by Crippen LogP contribution is -2.32. The number of aryl methyl sites for hydroxylation is 2. The van der Waals surface area contributed by atoms with E-state index < -0.39 is 30.4 Å². The standard InChI is InChI=1S/C29H27N5O5S2/c1-16-5-9-18(10-6-16)27(35)37-15-22-21(39-28(36)19-11-7-17(2)8-12-19)13-23(38-22)34-25-24(20(14-30)33-34)26(40-3)32-29(31-25)41-4/h5-12,21-23H,13,15H2,1-4H3/t21-,22+,23+/m0/s1. The number of carbonyl (C=O) groups excluding carboxylic acids is 2. The molecule has 0 aliphatic carbocycles. The first-order chi connectivity index (χ1) is 19.8. The molecule has 2 aromatic carbocycles. The van der Waals surface area contributed by atoms with Crippen LogP contribution >= 0.6 is 23.5 Å². The fourth-order valence-corrected chi connectivity index (χ4v) is 5.44. The van der Waals surface area contributed by atoms with Gasteiger partial charge in [-0.1, -0.05) is 47.2 Å². The van der Waals surface area contributed by atoms with Gasteiger partial charge in [-0.15, -0.1) is 11.8 Å². The Hall–Kier alpha value is -3.92. The fourth-order valence-electron chi connectivity index (χ4n) is 4.46. The predicted molar refractivity (Wildman–Crippen MR) is 154 cm³/mol. The molecular weight excluding hydrogens is 562 g/mol. The molecule has 0 saturated carbocycles. The zero-order chi connectivity index (χ0) is 29.1. The van der Waals surface area contributed by atoms with Crippen molar-refractivity contribution in [3.05, 3.63) is 76.5 Å². The molecule has 0 bridgehead atoms. The Labute approximate surface area is 245 Å². The molecule has 3 atom stereocenters. The van der Waals surface area contributed by atoms with E-state index >= 15 is 0 Å². The number of carbonyl (C=O) groups is 2. The topological polar surface area (TPSA) is 129 Å². The summed E-state index contributed by atoms with van der Waals surface area (Å²) in [6.07, 6.45) is 1.66. The van der Waals surface area contributed by atoms with Crippen molar-refractivity contribution >= 4 is 46.5 Å². The number of rotatable bonds is 8. The van der Waals surface area contributed by atoms with Gasteiger partial charge >= 0.3 is 11.9 Å². The largest absolute Gasteiger partial charge is 0.459 e. The molecule has 0 radical (unpaired) electrons. The van der Waals surface area contributed by atoms with Crippen LogP contribution in [0, 0.1) is 25.2 Å². The first-order valence-corrected chi connectivity index (χ1v) is 15.2. The minimum atomic E-state index is -0.782. The molecule has 5 rings (SSSR count). The third-order valence-corrected chi connectivity index (χ3v) is 7.87. The number of thioether (sulfide) groups is 2. The van der Waals surface area contributed by atoms with Crippen molar-refractivity contribution in [3.63, 3.8) is 0 Å². The highest BCUT2D eigenvalue weighted by molar-refractivity contribution is 7.99. The van der Waals surface area contributed by atoms with E-state index in [4.69, 9.17) is 14.2 Å². The minimum Gasteiger partial charge on any atom is -0.459 e. The van der Waals surface area contributed by atoms with Gasteiger partial charge in [0.25, 0.3) is 0 Å². The number of ether oxygens (including phenoxy) is 3. The molecule has 0 spiro atoms. The van der Waals surface area contributed by atoms with E-state index in [-0.39, 0.29) is 18.7 Å². The second kappa shape index (κ2) is 12.3. The molecule has 3 heterocycles. The Kier molecular flexibility index (Phi) is 8.58. The lowest BCUT2D eigenvalue weighted by molar-refractivity contribution is -0.0590. The van der Waals surface area contributed by atoms with Gasteiger partial charge < -0.3 is 14.2 Å². The number of fused-ring (bicyclic) bond motifs is 1. The minimum absolute atomic E-state index is 0.152. The van der Waals surface area contributed by atoms with E-state index in [1.54, 1.807) is 24.3 Å². The monoisotopic (exact) mass is 589 g/mol. The van der Waals surface area contributed by atoms with E-state index in [1.807, 2.05) is 50.6 Å². The summed E-state index contributed by atoms with van der Waals surface area (Å²) in [5.41, 5.74) is 3.45. The molecule has 4 aromatic rings. The van der Waals surface area contributed by atoms with E-state index in [0.29, 0.717) is 32.3 Å². The molecule has 1 saturated heterocycles. The number of aromatic nitrogens is 4. The molecule has 210 valence electrons. The molecule has 10 nitrogen and oxygen atoms in total. The molecular formula is C29H27N5O5S2. The van der Waals surface area contributed by atoms with Crippen LogP contribution in [0.3, 0.4) is 0 Å². The molecule has 1 aliphatic heterocycles. The van der Waals surface area contributed by atoms with Gasteiger partial charge in [-0.05, 0) is 50.6 Å². The van der Waals surface area contributed by atoms with Crippen LogP contribution in [0.1, 0.15) is 50.2 Å². The van der Waals surface area contributed by atoms with Gasteiger partial charge in [0, 0.05) is 6.42 Å². The number of nitriles is 1. The SMILES string of the molecule is CSc1nc(SC)c2c(C#N)nn([C@H]3C[C@H](OC(=O)c4ccc(C)cc4)[C@@H](COC(=O)c4ccc(C)cc4)O3)c2n1. The Morgan fingerprint density at radius 2 is 1.63 bits per heavy atom. The number of nitrogens with zero attached hydrogens (tertiary/aromatic N) is 5. The van der Waals surface area contributed by atoms with Gasteiger partial charge in [0.15, 0.2) is 22.7 Å². The fraction of sp³-hybridized carbons (Fsp3) is 0.310. The second-order valence-corrected chi connectivity index (χ2v) is 11.0. The number of hydrogen-bond donors (Lipinski definition) is 0. The molecule has 41 heavy (non-hydrogen) atoms. The first kappa shape index (κ1) is 28.6. The predicted octanol–water partition coefficient (Wildman–Crippen LogP) is 5.13. The summed E-state index contributed by atoms with van der Waals surface area (Å²) in [6, 6.07) is 16.2. The van der Waals surface area contributed by atoms with Gasteiger partial charge in [0.05, 0.1) is 16.5 Å². The lowest BCUT2D eigenvalue weighted by atomic mass is 10.1. The van der Waals surface area contributed by atoms with Crippen LogP contribution in [0.25, 0.3) is 11.0 Å². The number of benzene rings is 2. The number of hydrogen-bond acceptors (Lipinski definition) is 11. The van der Waals surface area contributed by atoms with Crippen molar-refractivity contribution in [2.75, 3.05) is 19.1 Å². The summed E-state index contributed by atoms with van der Waals surface area (Å²) < 4.78 is 19.3. The molecule has 0 N–H and O–H groups in total. The quantitative estimate of drug-likeness (QED) is 0.117. The van der Waals surface area contributed by atoms with E-state index in [2.05, 4.69) is 21.1 Å². The summed E-state index contributed by atoms with van der Waals surface area (Å²) >= 11 is 2.77. The molecule has 0 amide bonds. The molecule has 12 heteroatoms. The van der Waals surface area contributed by atoms with Crippen LogP contribution in [0.5, 0.6) is 0 Å². The van der Waals surface area contributed by atoms with Crippen molar-refractivity contribution in [2.24, 2.45) is 0 Å². The first-order valence-electron chi connectivity index (χ1n) is 12.8. The van der Waals surface area contributed by atoms with Gasteiger partial charge in [0.2, 0.25) is 0 Å². The van der Waals surface area contributed by atoms with Crippen molar-refractivity contribution in [1.29, 1.82) is 5.26 Å². The third kappa shape index (κ3) is 6.07. The summed E-state index contributed by atoms with van der Waals surface area (Å²) in [6.45, 7) is 3.71. The van der Waals surface area contributed by atoms with Crippen molar-refractivity contribution < 1.29 is 23.8 Å². The van der Waals surface area contributed by atoms with Crippen molar-refractivity contribution in [2.45, 2.75) is 48.9 Å². The van der Waals surface area contributed by atoms with Gasteiger partial charge in [-0.3, -0.25) is 0 Å². The molecule has 0 unspecified atom stereocenters. The highest BCUT2D eigenvalue weighted by Gasteiger charge is 2.41.